The Labute approximate surface area is 163 Å². The predicted octanol–water partition coefficient (Wildman–Crippen LogP) is 2.98. The number of nitrogens with zero attached hydrogens (tertiary/aromatic N) is 2. The molecule has 2 fully saturated rings. The molecular formula is C20H31N3O3S. The number of rotatable bonds is 5. The Bertz CT molecular complexity index is 773. The van der Waals surface area contributed by atoms with Gasteiger partial charge < -0.3 is 10.2 Å². The first kappa shape index (κ1) is 20.1. The van der Waals surface area contributed by atoms with Gasteiger partial charge in [0.2, 0.25) is 15.9 Å². The molecule has 2 heterocycles. The smallest absolute Gasteiger partial charge is 0.243 e. The lowest BCUT2D eigenvalue weighted by Crippen LogP contribution is -2.44. The molecule has 1 atom stereocenters. The molecule has 2 aliphatic rings. The Morgan fingerprint density at radius 2 is 1.81 bits per heavy atom. The van der Waals surface area contributed by atoms with Gasteiger partial charge in [-0.3, -0.25) is 4.79 Å². The van der Waals surface area contributed by atoms with Gasteiger partial charge in [-0.15, -0.1) is 0 Å². The number of sulfonamides is 1. The van der Waals surface area contributed by atoms with Crippen LogP contribution in [0.15, 0.2) is 23.1 Å². The zero-order chi connectivity index (χ0) is 19.4. The Balaban J connectivity index is 1.70. The average molecular weight is 394 g/mol. The molecular weight excluding hydrogens is 362 g/mol. The number of likely N-dealkylation sites (tertiary alicyclic amines) is 1. The van der Waals surface area contributed by atoms with Crippen LogP contribution in [0.5, 0.6) is 0 Å². The molecule has 0 spiro atoms. The standard InChI is InChI=1S/C20H31N3O3S/c1-16-9-10-18(27(25,26)22-11-5-3-6-12-22)14-19(16)21-15-20(24)23-13-7-4-8-17(23)2/h9-10,14,17,21H,3-8,11-13,15H2,1-2H3. The van der Waals surface area contributed by atoms with Crippen LogP contribution >= 0.6 is 0 Å². The van der Waals surface area contributed by atoms with Gasteiger partial charge in [0.1, 0.15) is 0 Å². The first-order valence-electron chi connectivity index (χ1n) is 10.0. The molecule has 0 saturated carbocycles. The number of aryl methyl sites for hydroxylation is 1. The van der Waals surface area contributed by atoms with E-state index in [-0.39, 0.29) is 18.5 Å². The second kappa shape index (κ2) is 8.61. The number of carbonyl (C=O) groups is 1. The minimum Gasteiger partial charge on any atom is -0.376 e. The SMILES string of the molecule is Cc1ccc(S(=O)(=O)N2CCCCC2)cc1NCC(=O)N1CCCCC1C. The van der Waals surface area contributed by atoms with Crippen molar-refractivity contribution in [1.29, 1.82) is 0 Å². The van der Waals surface area contributed by atoms with Crippen LogP contribution in [0.4, 0.5) is 5.69 Å². The zero-order valence-electron chi connectivity index (χ0n) is 16.4. The summed E-state index contributed by atoms with van der Waals surface area (Å²) in [4.78, 5) is 14.8. The monoisotopic (exact) mass is 393 g/mol. The van der Waals surface area contributed by atoms with Crippen LogP contribution in [-0.2, 0) is 14.8 Å². The van der Waals surface area contributed by atoms with Gasteiger partial charge in [0.05, 0.1) is 11.4 Å². The first-order chi connectivity index (χ1) is 12.9. The molecule has 150 valence electrons. The lowest BCUT2D eigenvalue weighted by Gasteiger charge is -2.33. The second-order valence-electron chi connectivity index (χ2n) is 7.73. The number of piperidine rings is 2. The van der Waals surface area contributed by atoms with Crippen molar-refractivity contribution < 1.29 is 13.2 Å². The van der Waals surface area contributed by atoms with E-state index in [0.717, 1.165) is 44.2 Å². The highest BCUT2D eigenvalue weighted by atomic mass is 32.2. The highest BCUT2D eigenvalue weighted by Crippen LogP contribution is 2.25. The number of amides is 1. The largest absolute Gasteiger partial charge is 0.376 e. The molecule has 27 heavy (non-hydrogen) atoms. The van der Waals surface area contributed by atoms with Crippen molar-refractivity contribution >= 4 is 21.6 Å². The molecule has 1 aromatic rings. The van der Waals surface area contributed by atoms with Crippen molar-refractivity contribution in [3.8, 4) is 0 Å². The molecule has 1 aromatic carbocycles. The van der Waals surface area contributed by atoms with Gasteiger partial charge in [-0.25, -0.2) is 8.42 Å². The number of benzene rings is 1. The van der Waals surface area contributed by atoms with Gasteiger partial charge in [0.15, 0.2) is 0 Å². The minimum atomic E-state index is -3.47. The average Bonchev–Trinajstić information content (AvgIpc) is 2.68. The van der Waals surface area contributed by atoms with Crippen molar-refractivity contribution in [2.75, 3.05) is 31.5 Å². The fraction of sp³-hybridized carbons (Fsp3) is 0.650. The minimum absolute atomic E-state index is 0.0749. The highest BCUT2D eigenvalue weighted by molar-refractivity contribution is 7.89. The van der Waals surface area contributed by atoms with E-state index in [4.69, 9.17) is 0 Å². The maximum atomic E-state index is 12.9. The maximum absolute atomic E-state index is 12.9. The summed E-state index contributed by atoms with van der Waals surface area (Å²) < 4.78 is 27.4. The molecule has 0 aliphatic carbocycles. The molecule has 2 aliphatic heterocycles. The van der Waals surface area contributed by atoms with E-state index in [1.165, 1.54) is 6.42 Å². The molecule has 0 aromatic heterocycles. The first-order valence-corrected chi connectivity index (χ1v) is 11.5. The van der Waals surface area contributed by atoms with Gasteiger partial charge >= 0.3 is 0 Å². The summed E-state index contributed by atoms with van der Waals surface area (Å²) in [6.45, 7) is 6.19. The van der Waals surface area contributed by atoms with E-state index in [9.17, 15) is 13.2 Å². The lowest BCUT2D eigenvalue weighted by atomic mass is 10.0. The van der Waals surface area contributed by atoms with E-state index in [1.54, 1.807) is 16.4 Å². The quantitative estimate of drug-likeness (QED) is 0.835. The Hall–Kier alpha value is -1.60. The summed E-state index contributed by atoms with van der Waals surface area (Å²) in [5.41, 5.74) is 1.65. The molecule has 1 N–H and O–H groups in total. The summed E-state index contributed by atoms with van der Waals surface area (Å²) in [6, 6.07) is 5.43. The molecule has 1 unspecified atom stereocenters. The van der Waals surface area contributed by atoms with Crippen LogP contribution in [-0.4, -0.2) is 55.8 Å². The number of anilines is 1. The third-order valence-corrected chi connectivity index (χ3v) is 7.61. The van der Waals surface area contributed by atoms with E-state index >= 15 is 0 Å². The van der Waals surface area contributed by atoms with Gasteiger partial charge in [-0.2, -0.15) is 4.31 Å². The molecule has 7 heteroatoms. The van der Waals surface area contributed by atoms with Gasteiger partial charge in [-0.1, -0.05) is 12.5 Å². The predicted molar refractivity (Wildman–Crippen MR) is 107 cm³/mol. The topological polar surface area (TPSA) is 69.7 Å². The highest BCUT2D eigenvalue weighted by Gasteiger charge is 2.27. The van der Waals surface area contributed by atoms with Crippen molar-refractivity contribution in [2.24, 2.45) is 0 Å². The summed E-state index contributed by atoms with van der Waals surface area (Å²) in [5, 5.41) is 3.17. The number of carbonyl (C=O) groups excluding carboxylic acids is 1. The van der Waals surface area contributed by atoms with Gasteiger partial charge in [0.25, 0.3) is 0 Å². The van der Waals surface area contributed by atoms with Crippen molar-refractivity contribution in [3.05, 3.63) is 23.8 Å². The van der Waals surface area contributed by atoms with Gasteiger partial charge in [0, 0.05) is 31.4 Å². The van der Waals surface area contributed by atoms with E-state index in [0.29, 0.717) is 23.7 Å². The summed E-state index contributed by atoms with van der Waals surface area (Å²) in [6.07, 6.45) is 6.20. The molecule has 2 saturated heterocycles. The van der Waals surface area contributed by atoms with Crippen molar-refractivity contribution in [3.63, 3.8) is 0 Å². The maximum Gasteiger partial charge on any atom is 0.243 e. The van der Waals surface area contributed by atoms with Crippen molar-refractivity contribution in [2.45, 2.75) is 63.3 Å². The summed E-state index contributed by atoms with van der Waals surface area (Å²) in [5.74, 6) is 0.0749. The Morgan fingerprint density at radius 1 is 1.11 bits per heavy atom. The third-order valence-electron chi connectivity index (χ3n) is 5.72. The molecule has 6 nitrogen and oxygen atoms in total. The Morgan fingerprint density at radius 3 is 2.52 bits per heavy atom. The molecule has 0 bridgehead atoms. The van der Waals surface area contributed by atoms with Crippen LogP contribution in [0.2, 0.25) is 0 Å². The van der Waals surface area contributed by atoms with Crippen LogP contribution in [0, 0.1) is 6.92 Å². The number of hydrogen-bond acceptors (Lipinski definition) is 4. The zero-order valence-corrected chi connectivity index (χ0v) is 17.2. The van der Waals surface area contributed by atoms with Crippen LogP contribution in [0.3, 0.4) is 0 Å². The number of nitrogens with one attached hydrogen (secondary N) is 1. The summed E-state index contributed by atoms with van der Waals surface area (Å²) >= 11 is 0. The number of hydrogen-bond donors (Lipinski definition) is 1. The lowest BCUT2D eigenvalue weighted by molar-refractivity contribution is -0.132. The fourth-order valence-corrected chi connectivity index (χ4v) is 5.49. The van der Waals surface area contributed by atoms with E-state index in [2.05, 4.69) is 12.2 Å². The van der Waals surface area contributed by atoms with Crippen LogP contribution < -0.4 is 5.32 Å². The van der Waals surface area contributed by atoms with Crippen molar-refractivity contribution in [1.82, 2.24) is 9.21 Å². The third kappa shape index (κ3) is 4.63. The second-order valence-corrected chi connectivity index (χ2v) is 9.66. The van der Waals surface area contributed by atoms with E-state index < -0.39 is 10.0 Å². The normalized spacial score (nSPS) is 21.9. The Kier molecular flexibility index (Phi) is 6.42. The van der Waals surface area contributed by atoms with E-state index in [1.807, 2.05) is 17.9 Å². The molecule has 3 rings (SSSR count). The summed E-state index contributed by atoms with van der Waals surface area (Å²) in [7, 11) is -3.47. The van der Waals surface area contributed by atoms with Crippen LogP contribution in [0.25, 0.3) is 0 Å². The molecule has 0 radical (unpaired) electrons. The molecule has 1 amide bonds. The fourth-order valence-electron chi connectivity index (χ4n) is 3.95. The van der Waals surface area contributed by atoms with Crippen LogP contribution in [0.1, 0.15) is 51.0 Å². The van der Waals surface area contributed by atoms with Gasteiger partial charge in [-0.05, 0) is 63.6 Å².